The summed E-state index contributed by atoms with van der Waals surface area (Å²) in [6.07, 6.45) is 4.76. The molecule has 1 aliphatic rings. The van der Waals surface area contributed by atoms with Gasteiger partial charge in [-0.25, -0.2) is 9.59 Å². The van der Waals surface area contributed by atoms with Gasteiger partial charge < -0.3 is 14.8 Å². The molecule has 2 heterocycles. The first-order valence-corrected chi connectivity index (χ1v) is 8.89. The molecule has 1 atom stereocenters. The first-order chi connectivity index (χ1) is 13.9. The van der Waals surface area contributed by atoms with Crippen molar-refractivity contribution in [3.05, 3.63) is 53.9 Å². The highest BCUT2D eigenvalue weighted by Crippen LogP contribution is 2.28. The summed E-state index contributed by atoms with van der Waals surface area (Å²) in [4.78, 5) is 40.4. The van der Waals surface area contributed by atoms with Crippen LogP contribution in [0.15, 0.2) is 47.8 Å². The summed E-state index contributed by atoms with van der Waals surface area (Å²) in [5.41, 5.74) is -0.109. The van der Waals surface area contributed by atoms with E-state index in [4.69, 9.17) is 9.47 Å². The largest absolute Gasteiger partial charge is 0.493 e. The minimum Gasteiger partial charge on any atom is -0.493 e. The molecule has 0 unspecified atom stereocenters. The second-order valence-corrected chi connectivity index (χ2v) is 6.52. The number of aromatic nitrogens is 1. The molecule has 1 fully saturated rings. The fraction of sp³-hybridized carbons (Fsp3) is 0.250. The first-order valence-electron chi connectivity index (χ1n) is 8.89. The number of amides is 3. The molecule has 3 amide bonds. The standard InChI is InChI=1S/C20H20N4O5/c1-4-20(2)18(26)24(19(27)23-20)22-11-13-7-8-15(16(10-13)28-3)29-17(25)14-6-5-9-21-12-14/h5-12H,4H2,1-3H3,(H,23,27)/b22-11-/t20-/m1/s1. The number of nitrogens with zero attached hydrogens (tertiary/aromatic N) is 3. The van der Waals surface area contributed by atoms with Gasteiger partial charge in [0, 0.05) is 12.4 Å². The van der Waals surface area contributed by atoms with Crippen LogP contribution < -0.4 is 14.8 Å². The number of urea groups is 1. The molecule has 0 saturated carbocycles. The smallest absolute Gasteiger partial charge is 0.346 e. The molecule has 0 aliphatic carbocycles. The van der Waals surface area contributed by atoms with Crippen molar-refractivity contribution in [3.63, 3.8) is 0 Å². The average Bonchev–Trinajstić information content (AvgIpc) is 2.96. The number of nitrogens with one attached hydrogen (secondary N) is 1. The molecule has 1 aromatic heterocycles. The Morgan fingerprint density at radius 2 is 2.10 bits per heavy atom. The van der Waals surface area contributed by atoms with E-state index in [9.17, 15) is 14.4 Å². The predicted octanol–water partition coefficient (Wildman–Crippen LogP) is 2.36. The van der Waals surface area contributed by atoms with Gasteiger partial charge in [0.2, 0.25) is 0 Å². The van der Waals surface area contributed by atoms with Gasteiger partial charge in [-0.05, 0) is 49.2 Å². The maximum atomic E-state index is 12.4. The lowest BCUT2D eigenvalue weighted by molar-refractivity contribution is -0.130. The Morgan fingerprint density at radius 1 is 1.31 bits per heavy atom. The summed E-state index contributed by atoms with van der Waals surface area (Å²) >= 11 is 0. The number of hydrogen-bond acceptors (Lipinski definition) is 7. The van der Waals surface area contributed by atoms with Gasteiger partial charge in [-0.2, -0.15) is 5.10 Å². The monoisotopic (exact) mass is 396 g/mol. The van der Waals surface area contributed by atoms with Gasteiger partial charge >= 0.3 is 12.0 Å². The van der Waals surface area contributed by atoms with Crippen molar-refractivity contribution >= 4 is 24.1 Å². The van der Waals surface area contributed by atoms with Crippen molar-refractivity contribution in [2.24, 2.45) is 5.10 Å². The third-order valence-electron chi connectivity index (χ3n) is 4.56. The SMILES string of the molecule is CC[C@@]1(C)NC(=O)N(/N=C\c2ccc(OC(=O)c3cccnc3)c(OC)c2)C1=O. The van der Waals surface area contributed by atoms with E-state index in [1.807, 2.05) is 6.92 Å². The van der Waals surface area contributed by atoms with Gasteiger partial charge in [-0.15, -0.1) is 5.01 Å². The molecule has 150 valence electrons. The Hall–Kier alpha value is -3.75. The van der Waals surface area contributed by atoms with E-state index >= 15 is 0 Å². The van der Waals surface area contributed by atoms with Gasteiger partial charge in [-0.3, -0.25) is 9.78 Å². The Morgan fingerprint density at radius 3 is 2.72 bits per heavy atom. The zero-order chi connectivity index (χ0) is 21.0. The number of carbonyl (C=O) groups is 3. The maximum absolute atomic E-state index is 12.4. The van der Waals surface area contributed by atoms with Crippen molar-refractivity contribution in [3.8, 4) is 11.5 Å². The van der Waals surface area contributed by atoms with Crippen molar-refractivity contribution in [2.45, 2.75) is 25.8 Å². The van der Waals surface area contributed by atoms with E-state index in [0.717, 1.165) is 5.01 Å². The third kappa shape index (κ3) is 4.08. The van der Waals surface area contributed by atoms with Crippen LogP contribution in [-0.4, -0.2) is 46.8 Å². The van der Waals surface area contributed by atoms with Crippen LogP contribution in [0.4, 0.5) is 4.79 Å². The second-order valence-electron chi connectivity index (χ2n) is 6.52. The number of pyridine rings is 1. The van der Waals surface area contributed by atoms with E-state index in [-0.39, 0.29) is 5.75 Å². The van der Waals surface area contributed by atoms with Crippen LogP contribution in [0.5, 0.6) is 11.5 Å². The second kappa shape index (κ2) is 8.09. The summed E-state index contributed by atoms with van der Waals surface area (Å²) in [7, 11) is 1.43. The summed E-state index contributed by atoms with van der Waals surface area (Å²) in [5.74, 6) is -0.486. The summed E-state index contributed by atoms with van der Waals surface area (Å²) in [6, 6.07) is 7.38. The number of rotatable bonds is 6. The number of ether oxygens (including phenoxy) is 2. The van der Waals surface area contributed by atoms with E-state index < -0.39 is 23.4 Å². The van der Waals surface area contributed by atoms with Gasteiger partial charge in [0.1, 0.15) is 5.54 Å². The molecule has 9 heteroatoms. The lowest BCUT2D eigenvalue weighted by Crippen LogP contribution is -2.42. The molecule has 0 spiro atoms. The van der Waals surface area contributed by atoms with Gasteiger partial charge in [0.05, 0.1) is 18.9 Å². The topological polar surface area (TPSA) is 110 Å². The highest BCUT2D eigenvalue weighted by Gasteiger charge is 2.46. The van der Waals surface area contributed by atoms with Crippen LogP contribution in [0, 0.1) is 0 Å². The first kappa shape index (κ1) is 20.0. The zero-order valence-electron chi connectivity index (χ0n) is 16.2. The molecule has 1 saturated heterocycles. The summed E-state index contributed by atoms with van der Waals surface area (Å²) in [5, 5.41) is 7.41. The summed E-state index contributed by atoms with van der Waals surface area (Å²) in [6.45, 7) is 3.46. The number of methoxy groups -OCH3 is 1. The average molecular weight is 396 g/mol. The lowest BCUT2D eigenvalue weighted by atomic mass is 10.00. The fourth-order valence-electron chi connectivity index (χ4n) is 2.63. The number of carbonyl (C=O) groups excluding carboxylic acids is 3. The number of esters is 1. The molecular formula is C20H20N4O5. The van der Waals surface area contributed by atoms with Crippen molar-refractivity contribution in [1.82, 2.24) is 15.3 Å². The van der Waals surface area contributed by atoms with E-state index in [2.05, 4.69) is 15.4 Å². The van der Waals surface area contributed by atoms with Crippen molar-refractivity contribution < 1.29 is 23.9 Å². The normalized spacial score (nSPS) is 18.8. The van der Waals surface area contributed by atoms with Crippen LogP contribution in [0.2, 0.25) is 0 Å². The van der Waals surface area contributed by atoms with Gasteiger partial charge in [0.15, 0.2) is 11.5 Å². The number of hydrogen-bond donors (Lipinski definition) is 1. The van der Waals surface area contributed by atoms with Crippen molar-refractivity contribution in [2.75, 3.05) is 7.11 Å². The van der Waals surface area contributed by atoms with Crippen LogP contribution in [0.1, 0.15) is 36.2 Å². The fourth-order valence-corrected chi connectivity index (χ4v) is 2.63. The van der Waals surface area contributed by atoms with Gasteiger partial charge in [0.25, 0.3) is 5.91 Å². The van der Waals surface area contributed by atoms with Crippen LogP contribution in [-0.2, 0) is 4.79 Å². The Kier molecular flexibility index (Phi) is 5.58. The number of benzene rings is 1. The summed E-state index contributed by atoms with van der Waals surface area (Å²) < 4.78 is 10.6. The highest BCUT2D eigenvalue weighted by atomic mass is 16.6. The minimum absolute atomic E-state index is 0.215. The Bertz CT molecular complexity index is 976. The molecule has 1 N–H and O–H groups in total. The van der Waals surface area contributed by atoms with E-state index in [1.165, 1.54) is 25.6 Å². The predicted molar refractivity (Wildman–Crippen MR) is 104 cm³/mol. The molecule has 0 bridgehead atoms. The van der Waals surface area contributed by atoms with E-state index in [0.29, 0.717) is 23.3 Å². The highest BCUT2D eigenvalue weighted by molar-refractivity contribution is 6.07. The minimum atomic E-state index is -0.962. The molecule has 2 aromatic rings. The molecule has 0 radical (unpaired) electrons. The molecule has 1 aliphatic heterocycles. The Balaban J connectivity index is 1.77. The Labute approximate surface area is 167 Å². The van der Waals surface area contributed by atoms with Crippen LogP contribution >= 0.6 is 0 Å². The quantitative estimate of drug-likeness (QED) is 0.347. The van der Waals surface area contributed by atoms with Crippen LogP contribution in [0.25, 0.3) is 0 Å². The zero-order valence-corrected chi connectivity index (χ0v) is 16.2. The van der Waals surface area contributed by atoms with E-state index in [1.54, 1.807) is 37.4 Å². The molecule has 1 aromatic carbocycles. The molecular weight excluding hydrogens is 376 g/mol. The number of hydrazone groups is 1. The molecule has 3 rings (SSSR count). The third-order valence-corrected chi connectivity index (χ3v) is 4.56. The van der Waals surface area contributed by atoms with Gasteiger partial charge in [-0.1, -0.05) is 6.92 Å². The maximum Gasteiger partial charge on any atom is 0.346 e. The molecule has 29 heavy (non-hydrogen) atoms. The lowest BCUT2D eigenvalue weighted by Gasteiger charge is -2.17. The molecule has 9 nitrogen and oxygen atoms in total. The van der Waals surface area contributed by atoms with Crippen LogP contribution in [0.3, 0.4) is 0 Å². The van der Waals surface area contributed by atoms with Crippen molar-refractivity contribution in [1.29, 1.82) is 0 Å². The number of imide groups is 1.